The molecule has 2 aromatic heterocycles. The van der Waals surface area contributed by atoms with Crippen molar-refractivity contribution in [2.45, 2.75) is 53.0 Å². The van der Waals surface area contributed by atoms with Gasteiger partial charge in [-0.15, -0.1) is 5.10 Å². The van der Waals surface area contributed by atoms with E-state index in [0.717, 1.165) is 35.3 Å². The van der Waals surface area contributed by atoms with Gasteiger partial charge in [0, 0.05) is 24.7 Å². The summed E-state index contributed by atoms with van der Waals surface area (Å²) in [7, 11) is -2.18. The molecule has 0 spiro atoms. The number of amides is 1. The zero-order valence-electron chi connectivity index (χ0n) is 27.1. The second kappa shape index (κ2) is 12.8. The van der Waals surface area contributed by atoms with E-state index in [1.807, 2.05) is 58.2 Å². The molecule has 5 rings (SSSR count). The third kappa shape index (κ3) is 7.28. The SMILES string of the molecule is CCc1nc(-c2cn(-c3cc(C(=O)Nc4cc(C(C)(C)C)cc(NS(C)(=O)=O)c4OC)ccc3C)nn2)cn1Cc1ccccc1. The quantitative estimate of drug-likeness (QED) is 0.192. The van der Waals surface area contributed by atoms with E-state index in [2.05, 4.69) is 44.0 Å². The molecule has 1 amide bonds. The summed E-state index contributed by atoms with van der Waals surface area (Å²) in [6, 6.07) is 19.0. The predicted molar refractivity (Wildman–Crippen MR) is 180 cm³/mol. The summed E-state index contributed by atoms with van der Waals surface area (Å²) in [5.74, 6) is 0.755. The molecule has 0 fully saturated rings. The van der Waals surface area contributed by atoms with Crippen molar-refractivity contribution in [2.24, 2.45) is 0 Å². The fourth-order valence-corrected chi connectivity index (χ4v) is 5.67. The Bertz CT molecular complexity index is 1990. The minimum Gasteiger partial charge on any atom is -0.492 e. The minimum atomic E-state index is -3.61. The number of benzene rings is 3. The first kappa shape index (κ1) is 32.4. The molecule has 12 heteroatoms. The smallest absolute Gasteiger partial charge is 0.255 e. The molecule has 46 heavy (non-hydrogen) atoms. The first-order valence-corrected chi connectivity index (χ1v) is 16.8. The lowest BCUT2D eigenvalue weighted by Gasteiger charge is -2.24. The number of imidazole rings is 1. The number of sulfonamides is 1. The maximum atomic E-state index is 13.6. The van der Waals surface area contributed by atoms with Gasteiger partial charge < -0.3 is 14.6 Å². The largest absolute Gasteiger partial charge is 0.492 e. The Hall–Kier alpha value is -4.97. The number of anilines is 2. The van der Waals surface area contributed by atoms with Crippen LogP contribution in [0.3, 0.4) is 0 Å². The first-order valence-electron chi connectivity index (χ1n) is 14.9. The fraction of sp³-hybridized carbons (Fsp3) is 0.294. The van der Waals surface area contributed by atoms with Gasteiger partial charge in [0.25, 0.3) is 5.91 Å². The van der Waals surface area contributed by atoms with Gasteiger partial charge in [0.15, 0.2) is 5.75 Å². The average Bonchev–Trinajstić information content (AvgIpc) is 3.64. The molecule has 0 unspecified atom stereocenters. The molecule has 3 aromatic carbocycles. The van der Waals surface area contributed by atoms with Crippen LogP contribution in [0, 0.1) is 6.92 Å². The van der Waals surface area contributed by atoms with Crippen molar-refractivity contribution in [3.63, 3.8) is 0 Å². The van der Waals surface area contributed by atoms with Crippen LogP contribution in [-0.4, -0.2) is 52.2 Å². The van der Waals surface area contributed by atoms with Gasteiger partial charge in [-0.2, -0.15) is 0 Å². The molecule has 2 N–H and O–H groups in total. The Kier molecular flexibility index (Phi) is 9.02. The topological polar surface area (TPSA) is 133 Å². The third-order valence-electron chi connectivity index (χ3n) is 7.55. The Balaban J connectivity index is 1.44. The number of hydrogen-bond acceptors (Lipinski definition) is 7. The number of methoxy groups -OCH3 is 1. The van der Waals surface area contributed by atoms with E-state index in [-0.39, 0.29) is 16.9 Å². The number of rotatable bonds is 10. The highest BCUT2D eigenvalue weighted by Crippen LogP contribution is 2.39. The molecule has 0 atom stereocenters. The number of carbonyl (C=O) groups is 1. The van der Waals surface area contributed by atoms with Crippen LogP contribution in [0.15, 0.2) is 73.1 Å². The average molecular weight is 642 g/mol. The maximum Gasteiger partial charge on any atom is 0.255 e. The molecule has 2 heterocycles. The van der Waals surface area contributed by atoms with Crippen LogP contribution >= 0.6 is 0 Å². The predicted octanol–water partition coefficient (Wildman–Crippen LogP) is 5.98. The molecule has 240 valence electrons. The van der Waals surface area contributed by atoms with E-state index in [0.29, 0.717) is 29.2 Å². The lowest BCUT2D eigenvalue weighted by molar-refractivity contribution is 0.102. The summed E-state index contributed by atoms with van der Waals surface area (Å²) >= 11 is 0. The van der Waals surface area contributed by atoms with Gasteiger partial charge in [0.1, 0.15) is 17.2 Å². The number of nitrogens with zero attached hydrogens (tertiary/aromatic N) is 5. The Morgan fingerprint density at radius 3 is 2.35 bits per heavy atom. The van der Waals surface area contributed by atoms with Gasteiger partial charge in [-0.3, -0.25) is 9.52 Å². The summed E-state index contributed by atoms with van der Waals surface area (Å²) in [5.41, 5.74) is 5.52. The number of carbonyl (C=O) groups excluding carboxylic acids is 1. The zero-order chi connectivity index (χ0) is 33.2. The van der Waals surface area contributed by atoms with Crippen LogP contribution in [0.5, 0.6) is 5.75 Å². The number of hydrogen-bond donors (Lipinski definition) is 2. The van der Waals surface area contributed by atoms with Gasteiger partial charge in [-0.05, 0) is 53.3 Å². The van der Waals surface area contributed by atoms with Crippen molar-refractivity contribution in [3.05, 3.63) is 101 Å². The highest BCUT2D eigenvalue weighted by atomic mass is 32.2. The highest BCUT2D eigenvalue weighted by molar-refractivity contribution is 7.92. The van der Waals surface area contributed by atoms with E-state index in [4.69, 9.17) is 9.72 Å². The Morgan fingerprint density at radius 2 is 1.70 bits per heavy atom. The lowest BCUT2D eigenvalue weighted by Crippen LogP contribution is -2.18. The summed E-state index contributed by atoms with van der Waals surface area (Å²) in [6.07, 6.45) is 5.63. The van der Waals surface area contributed by atoms with Gasteiger partial charge in [-0.1, -0.05) is 69.3 Å². The number of aryl methyl sites for hydroxylation is 2. The minimum absolute atomic E-state index is 0.207. The number of aromatic nitrogens is 5. The molecule has 0 bridgehead atoms. The van der Waals surface area contributed by atoms with E-state index in [1.54, 1.807) is 35.1 Å². The molecule has 5 aromatic rings. The molecule has 0 radical (unpaired) electrons. The van der Waals surface area contributed by atoms with Crippen molar-refractivity contribution in [3.8, 4) is 22.8 Å². The van der Waals surface area contributed by atoms with E-state index in [1.165, 1.54) is 12.7 Å². The van der Waals surface area contributed by atoms with Crippen LogP contribution in [-0.2, 0) is 28.4 Å². The highest BCUT2D eigenvalue weighted by Gasteiger charge is 2.23. The van der Waals surface area contributed by atoms with Crippen LogP contribution < -0.4 is 14.8 Å². The van der Waals surface area contributed by atoms with Crippen LogP contribution in [0.25, 0.3) is 17.1 Å². The lowest BCUT2D eigenvalue weighted by atomic mass is 9.86. The van der Waals surface area contributed by atoms with E-state index in [9.17, 15) is 13.2 Å². The first-order chi connectivity index (χ1) is 21.8. The van der Waals surface area contributed by atoms with Crippen molar-refractivity contribution < 1.29 is 17.9 Å². The summed E-state index contributed by atoms with van der Waals surface area (Å²) < 4.78 is 36.1. The third-order valence-corrected chi connectivity index (χ3v) is 8.14. The number of nitrogens with one attached hydrogen (secondary N) is 2. The second-order valence-electron chi connectivity index (χ2n) is 12.2. The van der Waals surface area contributed by atoms with Crippen molar-refractivity contribution in [1.29, 1.82) is 0 Å². The molecular weight excluding hydrogens is 602 g/mol. The summed E-state index contributed by atoms with van der Waals surface area (Å²) in [5, 5.41) is 11.7. The van der Waals surface area contributed by atoms with Gasteiger partial charge in [-0.25, -0.2) is 18.1 Å². The molecule has 0 aliphatic heterocycles. The van der Waals surface area contributed by atoms with Crippen LogP contribution in [0.1, 0.15) is 60.6 Å². The normalized spacial score (nSPS) is 11.8. The van der Waals surface area contributed by atoms with Gasteiger partial charge in [0.2, 0.25) is 10.0 Å². The van der Waals surface area contributed by atoms with Crippen LogP contribution in [0.2, 0.25) is 0 Å². The molecular formula is C34H39N7O4S. The molecule has 11 nitrogen and oxygen atoms in total. The number of ether oxygens (including phenoxy) is 1. The van der Waals surface area contributed by atoms with Gasteiger partial charge >= 0.3 is 0 Å². The molecule has 0 saturated carbocycles. The van der Waals surface area contributed by atoms with E-state index < -0.39 is 15.9 Å². The molecule has 0 aliphatic carbocycles. The summed E-state index contributed by atoms with van der Waals surface area (Å²) in [6.45, 7) is 10.7. The van der Waals surface area contributed by atoms with Crippen molar-refractivity contribution in [1.82, 2.24) is 24.5 Å². The zero-order valence-corrected chi connectivity index (χ0v) is 27.9. The fourth-order valence-electron chi connectivity index (χ4n) is 5.12. The van der Waals surface area contributed by atoms with Gasteiger partial charge in [0.05, 0.1) is 36.6 Å². The molecule has 0 aliphatic rings. The second-order valence-corrected chi connectivity index (χ2v) is 14.0. The van der Waals surface area contributed by atoms with Crippen molar-refractivity contribution in [2.75, 3.05) is 23.4 Å². The monoisotopic (exact) mass is 641 g/mol. The Morgan fingerprint density at radius 1 is 0.978 bits per heavy atom. The van der Waals surface area contributed by atoms with E-state index >= 15 is 0 Å². The standard InChI is InChI=1S/C34H39N7O4S/c1-8-31-35-28(20-40(31)19-23-12-10-9-11-13-23)29-21-41(39-37-29)30-16-24(15-14-22(30)2)33(42)36-26-17-25(34(3,4)5)18-27(32(26)45-6)38-46(7,43)44/h9-18,20-21,38H,8,19H2,1-7H3,(H,36,42). The van der Waals surface area contributed by atoms with Crippen LogP contribution in [0.4, 0.5) is 11.4 Å². The van der Waals surface area contributed by atoms with Crippen molar-refractivity contribution >= 4 is 27.3 Å². The summed E-state index contributed by atoms with van der Waals surface area (Å²) in [4.78, 5) is 18.4. The maximum absolute atomic E-state index is 13.6. The molecule has 0 saturated heterocycles. The Labute approximate surface area is 269 Å².